The van der Waals surface area contributed by atoms with Gasteiger partial charge in [-0.1, -0.05) is 12.1 Å². The van der Waals surface area contributed by atoms with E-state index in [9.17, 15) is 9.90 Å². The van der Waals surface area contributed by atoms with Crippen molar-refractivity contribution in [3.63, 3.8) is 0 Å². The van der Waals surface area contributed by atoms with E-state index in [-0.39, 0.29) is 18.6 Å². The molecule has 0 saturated heterocycles. The van der Waals surface area contributed by atoms with Crippen molar-refractivity contribution in [3.8, 4) is 22.1 Å². The zero-order valence-corrected chi connectivity index (χ0v) is 19.0. The van der Waals surface area contributed by atoms with Crippen LogP contribution in [0.3, 0.4) is 0 Å². The van der Waals surface area contributed by atoms with Crippen molar-refractivity contribution in [2.24, 2.45) is 0 Å². The maximum Gasteiger partial charge on any atom is 0.263 e. The van der Waals surface area contributed by atoms with Crippen molar-refractivity contribution in [3.05, 3.63) is 64.7 Å². The number of aromatic nitrogens is 1. The minimum atomic E-state index is -0.835. The summed E-state index contributed by atoms with van der Waals surface area (Å²) in [5.74, 6) is 1.24. The molecular weight excluding hydrogens is 412 g/mol. The fourth-order valence-corrected chi connectivity index (χ4v) is 4.03. The van der Waals surface area contributed by atoms with Gasteiger partial charge in [-0.25, -0.2) is 4.98 Å². The van der Waals surface area contributed by atoms with Gasteiger partial charge in [0.05, 0.1) is 24.5 Å². The van der Waals surface area contributed by atoms with Crippen LogP contribution in [-0.2, 0) is 0 Å². The molecule has 1 heterocycles. The third-order valence-corrected chi connectivity index (χ3v) is 5.69. The lowest BCUT2D eigenvalue weighted by Gasteiger charge is -2.15. The maximum atomic E-state index is 12.7. The smallest absolute Gasteiger partial charge is 0.263 e. The summed E-state index contributed by atoms with van der Waals surface area (Å²) in [6.45, 7) is 8.36. The van der Waals surface area contributed by atoms with E-state index in [2.05, 4.69) is 10.3 Å². The monoisotopic (exact) mass is 440 g/mol. The highest BCUT2D eigenvalue weighted by molar-refractivity contribution is 7.17. The van der Waals surface area contributed by atoms with Crippen molar-refractivity contribution in [1.29, 1.82) is 0 Å². The van der Waals surface area contributed by atoms with E-state index in [1.165, 1.54) is 11.3 Å². The molecule has 0 aliphatic heterocycles. The molecule has 0 radical (unpaired) electrons. The molecule has 2 aromatic carbocycles. The van der Waals surface area contributed by atoms with Gasteiger partial charge in [0.1, 0.15) is 21.4 Å². The van der Waals surface area contributed by atoms with Crippen LogP contribution in [-0.4, -0.2) is 35.3 Å². The van der Waals surface area contributed by atoms with Gasteiger partial charge in [0.2, 0.25) is 0 Å². The first-order valence-corrected chi connectivity index (χ1v) is 11.1. The summed E-state index contributed by atoms with van der Waals surface area (Å²) < 4.78 is 11.1. The minimum Gasteiger partial charge on any atom is -0.494 e. The van der Waals surface area contributed by atoms with Crippen LogP contribution in [0.25, 0.3) is 10.6 Å². The highest BCUT2D eigenvalue weighted by atomic mass is 32.1. The van der Waals surface area contributed by atoms with E-state index < -0.39 is 6.10 Å². The number of benzene rings is 2. The minimum absolute atomic E-state index is 0.0472. The van der Waals surface area contributed by atoms with Crippen LogP contribution in [0.15, 0.2) is 48.5 Å². The zero-order chi connectivity index (χ0) is 22.4. The van der Waals surface area contributed by atoms with E-state index in [1.54, 1.807) is 6.07 Å². The predicted molar refractivity (Wildman–Crippen MR) is 123 cm³/mol. The van der Waals surface area contributed by atoms with E-state index >= 15 is 0 Å². The van der Waals surface area contributed by atoms with Crippen LogP contribution in [0.1, 0.15) is 47.8 Å². The Labute approximate surface area is 186 Å². The average molecular weight is 441 g/mol. The number of carbonyl (C=O) groups excluding carboxylic acids is 1. The Morgan fingerprint density at radius 1 is 1.16 bits per heavy atom. The fraction of sp³-hybridized carbons (Fsp3) is 0.333. The molecule has 1 aromatic heterocycles. The summed E-state index contributed by atoms with van der Waals surface area (Å²) in [7, 11) is 0. The Balaban J connectivity index is 1.64. The highest BCUT2D eigenvalue weighted by Gasteiger charge is 2.18. The molecule has 164 valence electrons. The van der Waals surface area contributed by atoms with E-state index in [0.29, 0.717) is 28.5 Å². The summed E-state index contributed by atoms with van der Waals surface area (Å²) in [4.78, 5) is 17.8. The molecule has 1 unspecified atom stereocenters. The molecule has 1 amide bonds. The van der Waals surface area contributed by atoms with Gasteiger partial charge in [-0.05, 0) is 69.7 Å². The number of aliphatic hydroxyl groups excluding tert-OH is 1. The van der Waals surface area contributed by atoms with Crippen molar-refractivity contribution in [2.45, 2.75) is 39.9 Å². The molecule has 0 saturated carbocycles. The van der Waals surface area contributed by atoms with Crippen molar-refractivity contribution in [1.82, 2.24) is 10.3 Å². The number of ether oxygens (including phenoxy) is 2. The van der Waals surface area contributed by atoms with E-state index in [0.717, 1.165) is 16.3 Å². The maximum absolute atomic E-state index is 12.7. The van der Waals surface area contributed by atoms with Gasteiger partial charge in [0.25, 0.3) is 5.91 Å². The van der Waals surface area contributed by atoms with Gasteiger partial charge >= 0.3 is 0 Å². The van der Waals surface area contributed by atoms with Crippen molar-refractivity contribution < 1.29 is 19.4 Å². The number of rotatable bonds is 9. The lowest BCUT2D eigenvalue weighted by Crippen LogP contribution is -2.28. The quantitative estimate of drug-likeness (QED) is 0.501. The second-order valence-electron chi connectivity index (χ2n) is 7.36. The number of hydrogen-bond donors (Lipinski definition) is 2. The molecule has 3 rings (SSSR count). The summed E-state index contributed by atoms with van der Waals surface area (Å²) in [6.07, 6.45) is -0.788. The van der Waals surface area contributed by atoms with Crippen LogP contribution in [0.2, 0.25) is 0 Å². The van der Waals surface area contributed by atoms with Crippen molar-refractivity contribution in [2.75, 3.05) is 13.2 Å². The molecule has 0 aliphatic rings. The summed E-state index contributed by atoms with van der Waals surface area (Å²) >= 11 is 1.33. The van der Waals surface area contributed by atoms with Gasteiger partial charge in [-0.15, -0.1) is 11.3 Å². The number of nitrogens with one attached hydrogen (secondary N) is 1. The van der Waals surface area contributed by atoms with Gasteiger partial charge in [-0.2, -0.15) is 0 Å². The van der Waals surface area contributed by atoms with Gasteiger partial charge in [0, 0.05) is 12.1 Å². The van der Waals surface area contributed by atoms with E-state index in [1.807, 2.05) is 70.2 Å². The number of carbonyl (C=O) groups is 1. The molecule has 1 atom stereocenters. The highest BCUT2D eigenvalue weighted by Crippen LogP contribution is 2.29. The van der Waals surface area contributed by atoms with Gasteiger partial charge in [-0.3, -0.25) is 4.79 Å². The Morgan fingerprint density at radius 3 is 2.58 bits per heavy atom. The zero-order valence-electron chi connectivity index (χ0n) is 18.2. The van der Waals surface area contributed by atoms with Crippen LogP contribution in [0, 0.1) is 6.92 Å². The topological polar surface area (TPSA) is 80.7 Å². The molecule has 0 fully saturated rings. The third kappa shape index (κ3) is 6.06. The number of hydrogen-bond acceptors (Lipinski definition) is 6. The summed E-state index contributed by atoms with van der Waals surface area (Å²) in [5, 5.41) is 14.1. The standard InChI is InChI=1S/C24H28N2O4S/c1-5-29-19-11-9-17(10-12-19)24-26-16(4)22(31-24)23(28)25-14-21(27)18-7-6-8-20(13-18)30-15(2)3/h6-13,15,21,27H,5,14H2,1-4H3,(H,25,28). The summed E-state index contributed by atoms with van der Waals surface area (Å²) in [6, 6.07) is 14.9. The number of nitrogens with zero attached hydrogens (tertiary/aromatic N) is 1. The largest absolute Gasteiger partial charge is 0.494 e. The number of amides is 1. The number of aryl methyl sites for hydroxylation is 1. The van der Waals surface area contributed by atoms with Crippen LogP contribution in [0.5, 0.6) is 11.5 Å². The molecule has 31 heavy (non-hydrogen) atoms. The van der Waals surface area contributed by atoms with Crippen LogP contribution in [0.4, 0.5) is 0 Å². The van der Waals surface area contributed by atoms with Crippen molar-refractivity contribution >= 4 is 17.2 Å². The first-order chi connectivity index (χ1) is 14.9. The molecule has 6 nitrogen and oxygen atoms in total. The third-order valence-electron chi connectivity index (χ3n) is 4.49. The lowest BCUT2D eigenvalue weighted by molar-refractivity contribution is 0.0919. The van der Waals surface area contributed by atoms with E-state index in [4.69, 9.17) is 9.47 Å². The Morgan fingerprint density at radius 2 is 1.90 bits per heavy atom. The molecule has 3 aromatic rings. The van der Waals surface area contributed by atoms with Gasteiger partial charge < -0.3 is 19.9 Å². The Kier molecular flexibility index (Phi) is 7.65. The SMILES string of the molecule is CCOc1ccc(-c2nc(C)c(C(=O)NCC(O)c3cccc(OC(C)C)c3)s2)cc1. The predicted octanol–water partition coefficient (Wildman–Crippen LogP) is 4.77. The normalized spacial score (nSPS) is 11.9. The molecule has 2 N–H and O–H groups in total. The second-order valence-corrected chi connectivity index (χ2v) is 8.35. The van der Waals surface area contributed by atoms with Gasteiger partial charge in [0.15, 0.2) is 0 Å². The molecule has 0 bridgehead atoms. The number of aliphatic hydroxyl groups is 1. The summed E-state index contributed by atoms with van der Waals surface area (Å²) in [5.41, 5.74) is 2.28. The van der Waals surface area contributed by atoms with Crippen LogP contribution >= 0.6 is 11.3 Å². The Bertz CT molecular complexity index is 1010. The number of thiazole rings is 1. The Hall–Kier alpha value is -2.90. The second kappa shape index (κ2) is 10.4. The first-order valence-electron chi connectivity index (χ1n) is 10.3. The first kappa shape index (κ1) is 22.8. The molecule has 0 spiro atoms. The lowest BCUT2D eigenvalue weighted by atomic mass is 10.1. The van der Waals surface area contributed by atoms with Crippen LogP contribution < -0.4 is 14.8 Å². The molecular formula is C24H28N2O4S. The fourth-order valence-electron chi connectivity index (χ4n) is 3.05. The molecule has 7 heteroatoms. The molecule has 0 aliphatic carbocycles. The average Bonchev–Trinajstić information content (AvgIpc) is 3.14.